The molecule has 2 fully saturated rings. The zero-order valence-electron chi connectivity index (χ0n) is 8.50. The molecular weight excluding hydrogens is 180 g/mol. The van der Waals surface area contributed by atoms with Gasteiger partial charge in [0, 0.05) is 6.61 Å². The number of hydrogen-bond acceptors (Lipinski definition) is 3. The molecule has 80 valence electrons. The number of carbonyl (C=O) groups excluding carboxylic acids is 1. The zero-order chi connectivity index (χ0) is 10.0. The van der Waals surface area contributed by atoms with E-state index in [-0.39, 0.29) is 24.1 Å². The monoisotopic (exact) mass is 198 g/mol. The summed E-state index contributed by atoms with van der Waals surface area (Å²) in [5, 5.41) is 8.84. The van der Waals surface area contributed by atoms with Crippen LogP contribution in [0.4, 0.5) is 0 Å². The molecule has 0 heterocycles. The Bertz CT molecular complexity index is 215. The molecule has 0 aliphatic heterocycles. The second-order valence-corrected chi connectivity index (χ2v) is 4.57. The predicted molar refractivity (Wildman–Crippen MR) is 51.7 cm³/mol. The molecule has 2 aliphatic rings. The van der Waals surface area contributed by atoms with Gasteiger partial charge in [-0.3, -0.25) is 4.79 Å². The summed E-state index contributed by atoms with van der Waals surface area (Å²) in [5.74, 6) is -0.0570. The molecule has 0 unspecified atom stereocenters. The minimum atomic E-state index is -0.294. The summed E-state index contributed by atoms with van der Waals surface area (Å²) in [4.78, 5) is 11.7. The first-order chi connectivity index (χ1) is 6.77. The zero-order valence-corrected chi connectivity index (χ0v) is 8.50. The van der Waals surface area contributed by atoms with Gasteiger partial charge in [0.2, 0.25) is 0 Å². The highest BCUT2D eigenvalue weighted by Crippen LogP contribution is 2.50. The fraction of sp³-hybridized carbons (Fsp3) is 0.909. The molecule has 3 nitrogen and oxygen atoms in total. The van der Waals surface area contributed by atoms with Gasteiger partial charge >= 0.3 is 5.97 Å². The van der Waals surface area contributed by atoms with Crippen LogP contribution in [0.15, 0.2) is 0 Å². The minimum absolute atomic E-state index is 0.0570. The van der Waals surface area contributed by atoms with Crippen LogP contribution in [0.25, 0.3) is 0 Å². The lowest BCUT2D eigenvalue weighted by Gasteiger charge is -2.17. The molecular formula is C11H18O3. The van der Waals surface area contributed by atoms with Gasteiger partial charge < -0.3 is 9.84 Å². The first kappa shape index (κ1) is 9.97. The van der Waals surface area contributed by atoms with Crippen molar-refractivity contribution in [1.82, 2.24) is 0 Å². The molecule has 14 heavy (non-hydrogen) atoms. The van der Waals surface area contributed by atoms with Gasteiger partial charge in [0.15, 0.2) is 0 Å². The molecule has 0 amide bonds. The van der Waals surface area contributed by atoms with Crippen molar-refractivity contribution in [3.8, 4) is 0 Å². The lowest BCUT2D eigenvalue weighted by molar-refractivity contribution is -0.156. The van der Waals surface area contributed by atoms with Crippen molar-refractivity contribution in [2.24, 2.45) is 5.41 Å². The van der Waals surface area contributed by atoms with Crippen LogP contribution in [0.1, 0.15) is 44.9 Å². The molecule has 2 rings (SSSR count). The van der Waals surface area contributed by atoms with E-state index in [9.17, 15) is 4.79 Å². The number of rotatable bonds is 4. The first-order valence-electron chi connectivity index (χ1n) is 5.59. The Morgan fingerprint density at radius 1 is 1.36 bits per heavy atom. The Hall–Kier alpha value is -0.570. The van der Waals surface area contributed by atoms with Crippen molar-refractivity contribution < 1.29 is 14.6 Å². The van der Waals surface area contributed by atoms with E-state index in [1.165, 1.54) is 12.8 Å². The van der Waals surface area contributed by atoms with E-state index in [1.54, 1.807) is 0 Å². The van der Waals surface area contributed by atoms with Gasteiger partial charge in [-0.25, -0.2) is 0 Å². The summed E-state index contributed by atoms with van der Waals surface area (Å²) in [6, 6.07) is 0. The predicted octanol–water partition coefficient (Wildman–Crippen LogP) is 1.63. The molecule has 0 aromatic carbocycles. The van der Waals surface area contributed by atoms with Crippen LogP contribution in [0.3, 0.4) is 0 Å². The van der Waals surface area contributed by atoms with E-state index in [0.717, 1.165) is 25.7 Å². The van der Waals surface area contributed by atoms with Crippen LogP contribution in [-0.2, 0) is 9.53 Å². The third-order valence-electron chi connectivity index (χ3n) is 3.45. The van der Waals surface area contributed by atoms with Crippen LogP contribution in [0.2, 0.25) is 0 Å². The second kappa shape index (κ2) is 3.89. The van der Waals surface area contributed by atoms with Gasteiger partial charge in [-0.2, -0.15) is 0 Å². The third kappa shape index (κ3) is 1.92. The van der Waals surface area contributed by atoms with Gasteiger partial charge in [-0.1, -0.05) is 0 Å². The van der Waals surface area contributed by atoms with Crippen molar-refractivity contribution in [2.75, 3.05) is 6.61 Å². The van der Waals surface area contributed by atoms with Gasteiger partial charge in [-0.15, -0.1) is 0 Å². The smallest absolute Gasteiger partial charge is 0.312 e. The molecule has 1 N–H and O–H groups in total. The molecule has 2 aliphatic carbocycles. The van der Waals surface area contributed by atoms with E-state index in [4.69, 9.17) is 9.84 Å². The summed E-state index contributed by atoms with van der Waals surface area (Å²) in [5.41, 5.74) is -0.294. The largest absolute Gasteiger partial charge is 0.462 e. The van der Waals surface area contributed by atoms with Crippen LogP contribution < -0.4 is 0 Å². The molecule has 0 spiro atoms. The van der Waals surface area contributed by atoms with E-state index in [2.05, 4.69) is 0 Å². The van der Waals surface area contributed by atoms with Crippen LogP contribution in [0.5, 0.6) is 0 Å². The van der Waals surface area contributed by atoms with Gasteiger partial charge in [-0.05, 0) is 44.9 Å². The van der Waals surface area contributed by atoms with Crippen molar-refractivity contribution in [1.29, 1.82) is 0 Å². The van der Waals surface area contributed by atoms with Crippen molar-refractivity contribution in [2.45, 2.75) is 51.0 Å². The molecule has 0 saturated heterocycles. The molecule has 0 aromatic rings. The van der Waals surface area contributed by atoms with Crippen LogP contribution in [0, 0.1) is 5.41 Å². The highest BCUT2D eigenvalue weighted by Gasteiger charge is 2.51. The fourth-order valence-electron chi connectivity index (χ4n) is 2.20. The number of aliphatic hydroxyl groups is 1. The lowest BCUT2D eigenvalue weighted by Crippen LogP contribution is -2.24. The highest BCUT2D eigenvalue weighted by atomic mass is 16.5. The van der Waals surface area contributed by atoms with Crippen LogP contribution in [-0.4, -0.2) is 23.8 Å². The summed E-state index contributed by atoms with van der Waals surface area (Å²) < 4.78 is 5.44. The number of aliphatic hydroxyl groups excluding tert-OH is 1. The van der Waals surface area contributed by atoms with Crippen molar-refractivity contribution in [3.05, 3.63) is 0 Å². The number of esters is 1. The van der Waals surface area contributed by atoms with Gasteiger partial charge in [0.25, 0.3) is 0 Å². The maximum Gasteiger partial charge on any atom is 0.312 e. The highest BCUT2D eigenvalue weighted by molar-refractivity contribution is 5.80. The Morgan fingerprint density at radius 3 is 2.50 bits per heavy atom. The van der Waals surface area contributed by atoms with E-state index >= 15 is 0 Å². The van der Waals surface area contributed by atoms with E-state index in [0.29, 0.717) is 6.42 Å². The maximum absolute atomic E-state index is 11.7. The fourth-order valence-corrected chi connectivity index (χ4v) is 2.20. The SMILES string of the molecule is O=C(OC1CCCC1)C1(CCO)CC1. The minimum Gasteiger partial charge on any atom is -0.462 e. The third-order valence-corrected chi connectivity index (χ3v) is 3.45. The van der Waals surface area contributed by atoms with Gasteiger partial charge in [0.05, 0.1) is 5.41 Å². The average Bonchev–Trinajstić information content (AvgIpc) is 2.77. The standard InChI is InChI=1S/C11H18O3/c12-8-7-11(5-6-11)10(13)14-9-3-1-2-4-9/h9,12H,1-8H2. The number of hydrogen-bond donors (Lipinski definition) is 1. The normalized spacial score (nSPS) is 24.9. The second-order valence-electron chi connectivity index (χ2n) is 4.57. The quantitative estimate of drug-likeness (QED) is 0.698. The average molecular weight is 198 g/mol. The number of ether oxygens (including phenoxy) is 1. The Morgan fingerprint density at radius 2 is 2.00 bits per heavy atom. The van der Waals surface area contributed by atoms with Crippen molar-refractivity contribution >= 4 is 5.97 Å². The number of carbonyl (C=O) groups is 1. The van der Waals surface area contributed by atoms with Crippen molar-refractivity contribution in [3.63, 3.8) is 0 Å². The molecule has 0 bridgehead atoms. The first-order valence-corrected chi connectivity index (χ1v) is 5.59. The molecule has 0 radical (unpaired) electrons. The lowest BCUT2D eigenvalue weighted by atomic mass is 10.0. The summed E-state index contributed by atoms with van der Waals surface area (Å²) in [6.07, 6.45) is 6.98. The molecule has 3 heteroatoms. The Balaban J connectivity index is 1.82. The molecule has 0 aromatic heterocycles. The summed E-state index contributed by atoms with van der Waals surface area (Å²) in [7, 11) is 0. The van der Waals surface area contributed by atoms with Crippen LogP contribution >= 0.6 is 0 Å². The Kier molecular flexibility index (Phi) is 2.77. The Labute approximate surface area is 84.4 Å². The summed E-state index contributed by atoms with van der Waals surface area (Å²) >= 11 is 0. The van der Waals surface area contributed by atoms with E-state index < -0.39 is 0 Å². The summed E-state index contributed by atoms with van der Waals surface area (Å²) in [6.45, 7) is 0.0970. The van der Waals surface area contributed by atoms with Gasteiger partial charge in [0.1, 0.15) is 6.10 Å². The molecule has 2 saturated carbocycles. The van der Waals surface area contributed by atoms with E-state index in [1.807, 2.05) is 0 Å². The topological polar surface area (TPSA) is 46.5 Å². The molecule has 0 atom stereocenters. The maximum atomic E-state index is 11.7.